The van der Waals surface area contributed by atoms with Crippen LogP contribution < -0.4 is 5.32 Å². The van der Waals surface area contributed by atoms with E-state index in [1.807, 2.05) is 13.8 Å². The first-order chi connectivity index (χ1) is 14.3. The van der Waals surface area contributed by atoms with Gasteiger partial charge >= 0.3 is 0 Å². The second kappa shape index (κ2) is 14.3. The van der Waals surface area contributed by atoms with Gasteiger partial charge in [-0.1, -0.05) is 20.8 Å². The Bertz CT molecular complexity index is 810. The minimum atomic E-state index is -3.89. The fourth-order valence-corrected chi connectivity index (χ4v) is 4.38. The average molecular weight is 463 g/mol. The first kappa shape index (κ1) is 31.3. The van der Waals surface area contributed by atoms with Crippen molar-refractivity contribution in [2.75, 3.05) is 26.6 Å². The van der Waals surface area contributed by atoms with E-state index < -0.39 is 37.7 Å². The van der Waals surface area contributed by atoms with Gasteiger partial charge in [-0.3, -0.25) is 4.79 Å². The van der Waals surface area contributed by atoms with Crippen LogP contribution >= 0.6 is 0 Å². The van der Waals surface area contributed by atoms with Crippen molar-refractivity contribution in [1.29, 1.82) is 5.41 Å². The van der Waals surface area contributed by atoms with Crippen LogP contribution in [0.1, 0.15) is 65.7 Å². The van der Waals surface area contributed by atoms with Gasteiger partial charge in [-0.2, -0.15) is 0 Å². The summed E-state index contributed by atoms with van der Waals surface area (Å²) in [5.74, 6) is -1.11. The number of carbonyl (C=O) groups is 1. The summed E-state index contributed by atoms with van der Waals surface area (Å²) in [7, 11) is 0.745. The summed E-state index contributed by atoms with van der Waals surface area (Å²) in [6.07, 6.45) is -0.416. The van der Waals surface area contributed by atoms with Gasteiger partial charge in [-0.05, 0) is 52.3 Å². The first-order valence-electron chi connectivity index (χ1n) is 10.2. The van der Waals surface area contributed by atoms with Gasteiger partial charge in [0.05, 0.1) is 5.25 Å². The lowest BCUT2D eigenvalue weighted by Gasteiger charge is -2.29. The number of ether oxygens (including phenoxy) is 2. The Morgan fingerprint density at radius 3 is 2.10 bits per heavy atom. The predicted molar refractivity (Wildman–Crippen MR) is 125 cm³/mol. The van der Waals surface area contributed by atoms with Gasteiger partial charge in [0.2, 0.25) is 0 Å². The largest absolute Gasteiger partial charge is 0.388 e. The van der Waals surface area contributed by atoms with Gasteiger partial charge in [0.15, 0.2) is 9.84 Å². The molecular formula is C22H39FN2O5S. The van der Waals surface area contributed by atoms with Crippen LogP contribution in [0.15, 0.2) is 18.2 Å². The topological polar surface area (TPSA) is 106 Å². The van der Waals surface area contributed by atoms with E-state index in [9.17, 15) is 17.6 Å². The molecule has 0 bridgehead atoms. The van der Waals surface area contributed by atoms with Gasteiger partial charge in [0.25, 0.3) is 5.91 Å². The molecule has 1 aromatic rings. The number of rotatable bonds is 8. The number of halogens is 1. The van der Waals surface area contributed by atoms with Crippen molar-refractivity contribution in [3.63, 3.8) is 0 Å². The van der Waals surface area contributed by atoms with Crippen LogP contribution in [0.5, 0.6) is 0 Å². The highest BCUT2D eigenvalue weighted by atomic mass is 32.2. The highest BCUT2D eigenvalue weighted by molar-refractivity contribution is 7.93. The Hall–Kier alpha value is -1.84. The van der Waals surface area contributed by atoms with Gasteiger partial charge < -0.3 is 20.2 Å². The predicted octanol–water partition coefficient (Wildman–Crippen LogP) is 4.77. The lowest BCUT2D eigenvalue weighted by atomic mass is 10.1. The van der Waals surface area contributed by atoms with Crippen LogP contribution in [0.3, 0.4) is 0 Å². The molecule has 0 aliphatic rings. The summed E-state index contributed by atoms with van der Waals surface area (Å²) in [6, 6.07) is 3.79. The summed E-state index contributed by atoms with van der Waals surface area (Å²) in [5, 5.41) is 9.36. The number of carbonyl (C=O) groups excluding carboxylic acids is 1. The lowest BCUT2D eigenvalue weighted by molar-refractivity contribution is -0.124. The van der Waals surface area contributed by atoms with E-state index in [0.29, 0.717) is 0 Å². The minimum absolute atomic E-state index is 0.0511. The smallest absolute Gasteiger partial charge is 0.253 e. The molecule has 1 aromatic carbocycles. The fraction of sp³-hybridized carbons (Fsp3) is 0.636. The molecule has 31 heavy (non-hydrogen) atoms. The Labute approximate surface area is 187 Å². The highest BCUT2D eigenvalue weighted by Gasteiger charge is 2.42. The Morgan fingerprint density at radius 1 is 1.19 bits per heavy atom. The first-order valence-corrected chi connectivity index (χ1v) is 11.7. The number of sulfone groups is 1. The van der Waals surface area contributed by atoms with Crippen molar-refractivity contribution in [3.8, 4) is 0 Å². The molecule has 0 fully saturated rings. The molecule has 2 unspecified atom stereocenters. The third kappa shape index (κ3) is 8.31. The van der Waals surface area contributed by atoms with Crippen LogP contribution in [0.25, 0.3) is 0 Å². The van der Waals surface area contributed by atoms with E-state index in [-0.39, 0.29) is 23.4 Å². The number of benzene rings is 1. The minimum Gasteiger partial charge on any atom is -0.388 e. The van der Waals surface area contributed by atoms with Crippen LogP contribution in [0, 0.1) is 11.2 Å². The molecule has 0 radical (unpaired) electrons. The van der Waals surface area contributed by atoms with Crippen molar-refractivity contribution in [3.05, 3.63) is 29.6 Å². The van der Waals surface area contributed by atoms with E-state index in [4.69, 9.17) is 10.1 Å². The van der Waals surface area contributed by atoms with E-state index in [0.717, 1.165) is 6.07 Å². The van der Waals surface area contributed by atoms with Crippen LogP contribution in [-0.2, 0) is 24.1 Å². The summed E-state index contributed by atoms with van der Waals surface area (Å²) >= 11 is 0. The molecule has 0 saturated carbocycles. The number of hydrogen-bond donors (Lipinski definition) is 2. The van der Waals surface area contributed by atoms with E-state index in [1.165, 1.54) is 40.0 Å². The summed E-state index contributed by atoms with van der Waals surface area (Å²) < 4.78 is 48.0. The molecule has 1 rings (SSSR count). The van der Waals surface area contributed by atoms with Gasteiger partial charge in [-0.25, -0.2) is 12.8 Å². The fourth-order valence-electron chi connectivity index (χ4n) is 2.49. The summed E-state index contributed by atoms with van der Waals surface area (Å²) in [4.78, 5) is 11.9. The maximum Gasteiger partial charge on any atom is 0.253 e. The molecule has 2 atom stereocenters. The van der Waals surface area contributed by atoms with Gasteiger partial charge in [0, 0.05) is 38.3 Å². The van der Waals surface area contributed by atoms with Crippen molar-refractivity contribution in [2.24, 2.45) is 0 Å². The van der Waals surface area contributed by atoms with Crippen LogP contribution in [0.4, 0.5) is 10.1 Å². The molecule has 0 heterocycles. The zero-order chi connectivity index (χ0) is 25.0. The molecule has 0 aromatic heterocycles. The number of nitrogens with one attached hydrogen (secondary N) is 2. The van der Waals surface area contributed by atoms with E-state index in [1.54, 1.807) is 28.1 Å². The monoisotopic (exact) mass is 462 g/mol. The second-order valence-electron chi connectivity index (χ2n) is 7.04. The number of anilines is 1. The Morgan fingerprint density at radius 2 is 1.68 bits per heavy atom. The zero-order valence-corrected chi connectivity index (χ0v) is 21.2. The quantitative estimate of drug-likeness (QED) is 0.541. The molecule has 0 saturated heterocycles. The van der Waals surface area contributed by atoms with Crippen LogP contribution in [0.2, 0.25) is 0 Å². The van der Waals surface area contributed by atoms with Crippen molar-refractivity contribution in [1.82, 2.24) is 0 Å². The third-order valence-corrected chi connectivity index (χ3v) is 7.54. The van der Waals surface area contributed by atoms with E-state index >= 15 is 0 Å². The SMILES string of the molecule is CC.CCC(=N)C(C)(C)S(=O)(=O)C(C)c1cc(NC(=O)C(C)OC)ccc1F.COC. The molecule has 0 spiro atoms. The maximum absolute atomic E-state index is 14.3. The second-order valence-corrected chi connectivity index (χ2v) is 9.86. The zero-order valence-electron chi connectivity index (χ0n) is 20.4. The maximum atomic E-state index is 14.3. The number of methoxy groups -OCH3 is 2. The Balaban J connectivity index is 0. The lowest BCUT2D eigenvalue weighted by Crippen LogP contribution is -2.42. The molecule has 1 amide bonds. The van der Waals surface area contributed by atoms with Gasteiger partial charge in [-0.15, -0.1) is 0 Å². The van der Waals surface area contributed by atoms with E-state index in [2.05, 4.69) is 10.1 Å². The van der Waals surface area contributed by atoms with Crippen LogP contribution in [-0.4, -0.2) is 52.2 Å². The summed E-state index contributed by atoms with van der Waals surface area (Å²) in [5.41, 5.74) is 0.286. The average Bonchev–Trinajstić information content (AvgIpc) is 2.74. The van der Waals surface area contributed by atoms with Crippen molar-refractivity contribution >= 4 is 27.1 Å². The molecule has 7 nitrogen and oxygen atoms in total. The molecule has 0 aliphatic carbocycles. The summed E-state index contributed by atoms with van der Waals surface area (Å²) in [6.45, 7) is 11.6. The van der Waals surface area contributed by atoms with Gasteiger partial charge in [0.1, 0.15) is 16.7 Å². The number of hydrogen-bond acceptors (Lipinski definition) is 6. The van der Waals surface area contributed by atoms with Crippen molar-refractivity contribution < 1.29 is 27.1 Å². The molecule has 0 aliphatic heterocycles. The van der Waals surface area contributed by atoms with Crippen molar-refractivity contribution in [2.45, 2.75) is 71.0 Å². The highest BCUT2D eigenvalue weighted by Crippen LogP contribution is 2.35. The standard InChI is InChI=1S/C18H27FN2O4S.C2H6O.C2H6/c1-7-16(20)18(4,5)26(23,24)12(3)14-10-13(8-9-15(14)19)21-17(22)11(2)25-6;1-3-2;1-2/h8-12,20H,7H2,1-6H3,(H,21,22);1-2H3;1-2H3. The normalized spacial score (nSPS) is 13.0. The third-order valence-electron chi connectivity index (χ3n) is 4.68. The number of amides is 1. The molecular weight excluding hydrogens is 423 g/mol. The molecule has 9 heteroatoms. The molecule has 180 valence electrons. The Kier molecular flexibility index (Phi) is 14.4. The molecule has 2 N–H and O–H groups in total.